The second kappa shape index (κ2) is 9.71. The Hall–Kier alpha value is -3.56. The normalized spacial score (nSPS) is 14.6. The zero-order chi connectivity index (χ0) is 23.3. The number of anilines is 2. The number of halogens is 3. The van der Waals surface area contributed by atoms with Crippen molar-refractivity contribution in [3.8, 4) is 0 Å². The molecule has 0 atom stereocenters. The lowest BCUT2D eigenvalue weighted by Gasteiger charge is -2.32. The van der Waals surface area contributed by atoms with Gasteiger partial charge in [0.25, 0.3) is 5.91 Å². The van der Waals surface area contributed by atoms with E-state index in [2.05, 4.69) is 16.0 Å². The van der Waals surface area contributed by atoms with Gasteiger partial charge in [0.15, 0.2) is 0 Å². The summed E-state index contributed by atoms with van der Waals surface area (Å²) in [6.45, 7) is 2.41. The second-order valence-corrected chi connectivity index (χ2v) is 7.51. The van der Waals surface area contributed by atoms with E-state index in [1.165, 1.54) is 31.2 Å². The lowest BCUT2D eigenvalue weighted by atomic mass is 10.1. The molecule has 0 aliphatic carbocycles. The quantitative estimate of drug-likeness (QED) is 0.658. The number of likely N-dealkylation sites (tertiary alicyclic amines) is 1. The predicted octanol–water partition coefficient (Wildman–Crippen LogP) is 4.09. The molecule has 1 aliphatic rings. The molecule has 3 rings (SSSR count). The molecule has 0 radical (unpaired) electrons. The number of nitrogens with one attached hydrogen (secondary N) is 3. The second-order valence-electron chi connectivity index (χ2n) is 7.51. The third-order valence-electron chi connectivity index (χ3n) is 5.01. The summed E-state index contributed by atoms with van der Waals surface area (Å²) in [6.07, 6.45) is -3.22. The van der Waals surface area contributed by atoms with E-state index in [1.54, 1.807) is 17.0 Å². The first-order chi connectivity index (χ1) is 15.1. The number of piperidine rings is 1. The van der Waals surface area contributed by atoms with Gasteiger partial charge in [-0.15, -0.1) is 0 Å². The number of carbonyl (C=O) groups excluding carboxylic acids is 3. The standard InChI is InChI=1S/C22H23F3N4O3/c1-14(30)26-17-8-10-29(11-9-17)21(32)28-18-6-2-4-15(12-18)20(31)27-19-7-3-5-16(13-19)22(23,24)25/h2-7,12-13,17H,8-11H2,1H3,(H,26,30)(H,27,31)(H,28,32). The molecular weight excluding hydrogens is 425 g/mol. The van der Waals surface area contributed by atoms with Crippen molar-refractivity contribution in [2.75, 3.05) is 23.7 Å². The van der Waals surface area contributed by atoms with Gasteiger partial charge in [-0.2, -0.15) is 13.2 Å². The maximum absolute atomic E-state index is 12.9. The third-order valence-corrected chi connectivity index (χ3v) is 5.01. The minimum Gasteiger partial charge on any atom is -0.353 e. The van der Waals surface area contributed by atoms with Crippen molar-refractivity contribution in [2.24, 2.45) is 0 Å². The zero-order valence-corrected chi connectivity index (χ0v) is 17.3. The lowest BCUT2D eigenvalue weighted by molar-refractivity contribution is -0.137. The molecule has 1 aliphatic heterocycles. The Balaban J connectivity index is 1.60. The van der Waals surface area contributed by atoms with Crippen LogP contribution in [0.15, 0.2) is 48.5 Å². The van der Waals surface area contributed by atoms with Crippen LogP contribution in [-0.2, 0) is 11.0 Å². The highest BCUT2D eigenvalue weighted by Crippen LogP contribution is 2.30. The minimum atomic E-state index is -4.51. The van der Waals surface area contributed by atoms with E-state index in [-0.39, 0.29) is 29.2 Å². The fourth-order valence-electron chi connectivity index (χ4n) is 3.43. The van der Waals surface area contributed by atoms with E-state index in [0.717, 1.165) is 12.1 Å². The molecule has 1 saturated heterocycles. The first-order valence-electron chi connectivity index (χ1n) is 10.0. The summed E-state index contributed by atoms with van der Waals surface area (Å²) in [6, 6.07) is 10.2. The van der Waals surface area contributed by atoms with Crippen molar-refractivity contribution in [1.29, 1.82) is 0 Å². The average molecular weight is 448 g/mol. The Labute approximate surface area is 183 Å². The van der Waals surface area contributed by atoms with Gasteiger partial charge in [-0.1, -0.05) is 12.1 Å². The fraction of sp³-hybridized carbons (Fsp3) is 0.318. The fourth-order valence-corrected chi connectivity index (χ4v) is 3.43. The van der Waals surface area contributed by atoms with E-state index in [4.69, 9.17) is 0 Å². The van der Waals surface area contributed by atoms with E-state index in [0.29, 0.717) is 31.6 Å². The van der Waals surface area contributed by atoms with E-state index in [9.17, 15) is 27.6 Å². The molecule has 10 heteroatoms. The van der Waals surface area contributed by atoms with Crippen molar-refractivity contribution in [2.45, 2.75) is 32.0 Å². The zero-order valence-electron chi connectivity index (χ0n) is 17.3. The number of nitrogens with zero attached hydrogens (tertiary/aromatic N) is 1. The van der Waals surface area contributed by atoms with Crippen LogP contribution in [0.5, 0.6) is 0 Å². The number of benzene rings is 2. The molecule has 7 nitrogen and oxygen atoms in total. The first kappa shape index (κ1) is 23.1. The summed E-state index contributed by atoms with van der Waals surface area (Å²) in [4.78, 5) is 37.8. The van der Waals surface area contributed by atoms with Gasteiger partial charge < -0.3 is 20.9 Å². The highest BCUT2D eigenvalue weighted by atomic mass is 19.4. The van der Waals surface area contributed by atoms with Gasteiger partial charge in [-0.05, 0) is 49.2 Å². The smallest absolute Gasteiger partial charge is 0.353 e. The Morgan fingerprint density at radius 2 is 1.56 bits per heavy atom. The number of hydrogen-bond acceptors (Lipinski definition) is 3. The van der Waals surface area contributed by atoms with Crippen LogP contribution >= 0.6 is 0 Å². The number of carbonyl (C=O) groups is 3. The van der Waals surface area contributed by atoms with Crippen LogP contribution < -0.4 is 16.0 Å². The molecule has 1 fully saturated rings. The molecule has 3 N–H and O–H groups in total. The van der Waals surface area contributed by atoms with Gasteiger partial charge in [0, 0.05) is 43.0 Å². The van der Waals surface area contributed by atoms with Crippen molar-refractivity contribution in [3.63, 3.8) is 0 Å². The molecule has 0 spiro atoms. The van der Waals surface area contributed by atoms with E-state index >= 15 is 0 Å². The number of alkyl halides is 3. The van der Waals surface area contributed by atoms with Crippen LogP contribution in [0.4, 0.5) is 29.3 Å². The van der Waals surface area contributed by atoms with Crippen LogP contribution in [0.2, 0.25) is 0 Å². The van der Waals surface area contributed by atoms with Crippen molar-refractivity contribution in [3.05, 3.63) is 59.7 Å². The highest BCUT2D eigenvalue weighted by Gasteiger charge is 2.30. The molecule has 0 aromatic heterocycles. The molecule has 0 saturated carbocycles. The summed E-state index contributed by atoms with van der Waals surface area (Å²) >= 11 is 0. The maximum Gasteiger partial charge on any atom is 0.416 e. The molecule has 2 aromatic rings. The van der Waals surface area contributed by atoms with Gasteiger partial charge in [0.05, 0.1) is 5.56 Å². The van der Waals surface area contributed by atoms with Crippen LogP contribution in [0.3, 0.4) is 0 Å². The summed E-state index contributed by atoms with van der Waals surface area (Å²) in [5, 5.41) is 8.00. The largest absolute Gasteiger partial charge is 0.416 e. The Kier molecular flexibility index (Phi) is 7.01. The SMILES string of the molecule is CC(=O)NC1CCN(C(=O)Nc2cccc(C(=O)Nc3cccc(C(F)(F)F)c3)c2)CC1. The first-order valence-corrected chi connectivity index (χ1v) is 10.0. The Bertz CT molecular complexity index is 1000. The van der Waals surface area contributed by atoms with Crippen molar-refractivity contribution in [1.82, 2.24) is 10.2 Å². The van der Waals surface area contributed by atoms with E-state index in [1.807, 2.05) is 0 Å². The third kappa shape index (κ3) is 6.22. The molecule has 4 amide bonds. The Morgan fingerprint density at radius 3 is 2.19 bits per heavy atom. The van der Waals surface area contributed by atoms with E-state index < -0.39 is 17.6 Å². The van der Waals surface area contributed by atoms with Crippen molar-refractivity contribution < 1.29 is 27.6 Å². The predicted molar refractivity (Wildman–Crippen MR) is 113 cm³/mol. The molecule has 1 heterocycles. The molecule has 0 unspecified atom stereocenters. The number of hydrogen-bond donors (Lipinski definition) is 3. The highest BCUT2D eigenvalue weighted by molar-refractivity contribution is 6.05. The molecule has 170 valence electrons. The molecule has 2 aromatic carbocycles. The molecular formula is C22H23F3N4O3. The van der Waals surface area contributed by atoms with Gasteiger partial charge in [0.2, 0.25) is 5.91 Å². The maximum atomic E-state index is 12.9. The van der Waals surface area contributed by atoms with Crippen LogP contribution in [0, 0.1) is 0 Å². The van der Waals surface area contributed by atoms with Crippen LogP contribution in [0.1, 0.15) is 35.7 Å². The number of rotatable bonds is 4. The lowest BCUT2D eigenvalue weighted by Crippen LogP contribution is -2.47. The van der Waals surface area contributed by atoms with Crippen LogP contribution in [0.25, 0.3) is 0 Å². The molecule has 0 bridgehead atoms. The van der Waals surface area contributed by atoms with Gasteiger partial charge in [-0.25, -0.2) is 4.79 Å². The monoisotopic (exact) mass is 448 g/mol. The summed E-state index contributed by atoms with van der Waals surface area (Å²) in [7, 11) is 0. The van der Waals surface area contributed by atoms with Gasteiger partial charge >= 0.3 is 12.2 Å². The minimum absolute atomic E-state index is 0.0151. The Morgan fingerprint density at radius 1 is 0.938 bits per heavy atom. The van der Waals surface area contributed by atoms with Gasteiger partial charge in [0.1, 0.15) is 0 Å². The number of urea groups is 1. The van der Waals surface area contributed by atoms with Crippen LogP contribution in [-0.4, -0.2) is 41.9 Å². The molecule has 32 heavy (non-hydrogen) atoms. The summed E-state index contributed by atoms with van der Waals surface area (Å²) in [5.41, 5.74) is -0.278. The topological polar surface area (TPSA) is 90.5 Å². The van der Waals surface area contributed by atoms with Gasteiger partial charge in [-0.3, -0.25) is 9.59 Å². The summed E-state index contributed by atoms with van der Waals surface area (Å²) < 4.78 is 38.6. The number of amides is 4. The van der Waals surface area contributed by atoms with Crippen molar-refractivity contribution >= 4 is 29.2 Å². The average Bonchev–Trinajstić information content (AvgIpc) is 2.73. The summed E-state index contributed by atoms with van der Waals surface area (Å²) in [5.74, 6) is -0.704.